The van der Waals surface area contributed by atoms with Crippen molar-refractivity contribution in [3.05, 3.63) is 22.9 Å². The van der Waals surface area contributed by atoms with Gasteiger partial charge in [-0.15, -0.1) is 13.2 Å². The monoisotopic (exact) mass is 292 g/mol. The summed E-state index contributed by atoms with van der Waals surface area (Å²) in [6, 6.07) is 1.49. The lowest BCUT2D eigenvalue weighted by atomic mass is 10.1. The van der Waals surface area contributed by atoms with Crippen LogP contribution < -0.4 is 10.5 Å². The molecule has 0 amide bonds. The number of ether oxygens (including phenoxy) is 2. The van der Waals surface area contributed by atoms with Crippen LogP contribution in [0, 0.1) is 6.92 Å². The highest BCUT2D eigenvalue weighted by Gasteiger charge is 2.33. The summed E-state index contributed by atoms with van der Waals surface area (Å²) >= 11 is 0. The molecule has 1 rings (SSSR count). The van der Waals surface area contributed by atoms with Gasteiger partial charge in [-0.2, -0.15) is 0 Å². The number of aromatic nitrogens is 1. The van der Waals surface area contributed by atoms with Crippen molar-refractivity contribution in [2.24, 2.45) is 5.73 Å². The molecular weight excluding hydrogens is 277 g/mol. The maximum atomic E-state index is 12.3. The van der Waals surface area contributed by atoms with Crippen LogP contribution in [-0.2, 0) is 22.5 Å². The van der Waals surface area contributed by atoms with Crippen molar-refractivity contribution < 1.29 is 27.4 Å². The Balaban J connectivity index is 3.07. The lowest BCUT2D eigenvalue weighted by Crippen LogP contribution is -2.21. The Hall–Kier alpha value is -1.83. The van der Waals surface area contributed by atoms with E-state index in [1.165, 1.54) is 6.07 Å². The summed E-state index contributed by atoms with van der Waals surface area (Å²) in [5, 5.41) is 0. The van der Waals surface area contributed by atoms with Crippen molar-refractivity contribution in [1.29, 1.82) is 0 Å². The third-order valence-electron chi connectivity index (χ3n) is 2.41. The molecule has 0 aliphatic heterocycles. The van der Waals surface area contributed by atoms with Crippen LogP contribution in [0.15, 0.2) is 6.07 Å². The van der Waals surface area contributed by atoms with E-state index in [-0.39, 0.29) is 30.8 Å². The Bertz CT molecular complexity index is 490. The summed E-state index contributed by atoms with van der Waals surface area (Å²) in [4.78, 5) is 15.0. The molecule has 0 aromatic carbocycles. The zero-order valence-electron chi connectivity index (χ0n) is 11.1. The highest BCUT2D eigenvalue weighted by atomic mass is 19.4. The van der Waals surface area contributed by atoms with Crippen molar-refractivity contribution in [1.82, 2.24) is 4.98 Å². The van der Waals surface area contributed by atoms with Crippen molar-refractivity contribution in [3.63, 3.8) is 0 Å². The summed E-state index contributed by atoms with van der Waals surface area (Å²) in [5.74, 6) is -1.20. The molecule has 112 valence electrons. The quantitative estimate of drug-likeness (QED) is 0.838. The summed E-state index contributed by atoms with van der Waals surface area (Å²) in [6.07, 6.45) is -5.10. The molecule has 5 nitrogen and oxygen atoms in total. The fraction of sp³-hybridized carbons (Fsp3) is 0.500. The van der Waals surface area contributed by atoms with E-state index in [2.05, 4.69) is 9.72 Å². The predicted octanol–water partition coefficient (Wildman–Crippen LogP) is 1.85. The molecule has 20 heavy (non-hydrogen) atoms. The Morgan fingerprint density at radius 3 is 2.60 bits per heavy atom. The van der Waals surface area contributed by atoms with Gasteiger partial charge >= 0.3 is 12.3 Å². The molecule has 2 N–H and O–H groups in total. The number of carbonyl (C=O) groups is 1. The number of rotatable bonds is 5. The van der Waals surface area contributed by atoms with Gasteiger partial charge in [0.2, 0.25) is 5.88 Å². The smallest absolute Gasteiger partial charge is 0.466 e. The number of hydrogen-bond acceptors (Lipinski definition) is 5. The Kier molecular flexibility index (Phi) is 5.32. The van der Waals surface area contributed by atoms with E-state index >= 15 is 0 Å². The van der Waals surface area contributed by atoms with Gasteiger partial charge in [0.25, 0.3) is 0 Å². The van der Waals surface area contributed by atoms with Gasteiger partial charge in [0.1, 0.15) is 0 Å². The topological polar surface area (TPSA) is 74.4 Å². The van der Waals surface area contributed by atoms with E-state index in [0.29, 0.717) is 5.56 Å². The Morgan fingerprint density at radius 1 is 1.45 bits per heavy atom. The third-order valence-corrected chi connectivity index (χ3v) is 2.41. The number of carbonyl (C=O) groups excluding carboxylic acids is 1. The SMILES string of the molecule is CCOC(=O)Cc1cc(C)c(CN)c(OC(F)(F)F)n1. The fourth-order valence-corrected chi connectivity index (χ4v) is 1.63. The van der Waals surface area contributed by atoms with Gasteiger partial charge < -0.3 is 15.2 Å². The van der Waals surface area contributed by atoms with Gasteiger partial charge in [0, 0.05) is 12.1 Å². The first-order valence-corrected chi connectivity index (χ1v) is 5.87. The number of halogens is 3. The number of hydrogen-bond donors (Lipinski definition) is 1. The lowest BCUT2D eigenvalue weighted by Gasteiger charge is -2.14. The van der Waals surface area contributed by atoms with Crippen LogP contribution in [0.25, 0.3) is 0 Å². The average molecular weight is 292 g/mol. The predicted molar refractivity (Wildman–Crippen MR) is 63.9 cm³/mol. The maximum Gasteiger partial charge on any atom is 0.574 e. The number of aryl methyl sites for hydroxylation is 1. The van der Waals surface area contributed by atoms with Crippen molar-refractivity contribution in [2.75, 3.05) is 6.61 Å². The molecule has 1 heterocycles. The van der Waals surface area contributed by atoms with E-state index in [9.17, 15) is 18.0 Å². The minimum atomic E-state index is -4.87. The van der Waals surface area contributed by atoms with Gasteiger partial charge in [-0.3, -0.25) is 4.79 Å². The molecule has 0 aliphatic carbocycles. The van der Waals surface area contributed by atoms with Gasteiger partial charge in [0.05, 0.1) is 18.7 Å². The first-order chi connectivity index (χ1) is 9.26. The highest BCUT2D eigenvalue weighted by molar-refractivity contribution is 5.72. The average Bonchev–Trinajstić information content (AvgIpc) is 2.26. The van der Waals surface area contributed by atoms with Crippen LogP contribution >= 0.6 is 0 Å². The molecule has 0 radical (unpaired) electrons. The van der Waals surface area contributed by atoms with Crippen molar-refractivity contribution >= 4 is 5.97 Å². The third kappa shape index (κ3) is 4.69. The molecule has 0 atom stereocenters. The number of nitrogens with zero attached hydrogens (tertiary/aromatic N) is 1. The number of alkyl halides is 3. The summed E-state index contributed by atoms with van der Waals surface area (Å²) in [5.41, 5.74) is 6.15. The minimum Gasteiger partial charge on any atom is -0.466 e. The normalized spacial score (nSPS) is 11.3. The van der Waals surface area contributed by atoms with Crippen LogP contribution in [-0.4, -0.2) is 23.9 Å². The Labute approximate surface area is 113 Å². The molecule has 0 saturated carbocycles. The minimum absolute atomic E-state index is 0.136. The van der Waals surface area contributed by atoms with E-state index < -0.39 is 18.2 Å². The maximum absolute atomic E-state index is 12.3. The van der Waals surface area contributed by atoms with Crippen molar-refractivity contribution in [2.45, 2.75) is 33.2 Å². The second-order valence-electron chi connectivity index (χ2n) is 3.95. The second kappa shape index (κ2) is 6.56. The first-order valence-electron chi connectivity index (χ1n) is 5.87. The molecule has 8 heteroatoms. The number of nitrogens with two attached hydrogens (primary N) is 1. The van der Waals surface area contributed by atoms with Crippen LogP contribution in [0.5, 0.6) is 5.88 Å². The standard InChI is InChI=1S/C12H15F3N2O3/c1-3-19-10(18)5-8-4-7(2)9(6-16)11(17-8)20-12(13,14)15/h4H,3,5-6,16H2,1-2H3. The number of esters is 1. The largest absolute Gasteiger partial charge is 0.574 e. The van der Waals surface area contributed by atoms with E-state index in [0.717, 1.165) is 0 Å². The van der Waals surface area contributed by atoms with Crippen LogP contribution in [0.4, 0.5) is 13.2 Å². The fourth-order valence-electron chi connectivity index (χ4n) is 1.63. The van der Waals surface area contributed by atoms with Gasteiger partial charge in [-0.1, -0.05) is 0 Å². The molecule has 0 saturated heterocycles. The molecule has 0 aliphatic rings. The van der Waals surface area contributed by atoms with Crippen molar-refractivity contribution in [3.8, 4) is 5.88 Å². The first kappa shape index (κ1) is 16.2. The second-order valence-corrected chi connectivity index (χ2v) is 3.95. The van der Waals surface area contributed by atoms with Gasteiger partial charge in [-0.05, 0) is 25.5 Å². The van der Waals surface area contributed by atoms with Crippen LogP contribution in [0.3, 0.4) is 0 Å². The van der Waals surface area contributed by atoms with Crippen LogP contribution in [0.1, 0.15) is 23.7 Å². The zero-order valence-corrected chi connectivity index (χ0v) is 11.1. The lowest BCUT2D eigenvalue weighted by molar-refractivity contribution is -0.276. The Morgan fingerprint density at radius 2 is 2.10 bits per heavy atom. The van der Waals surface area contributed by atoms with E-state index in [1.807, 2.05) is 0 Å². The zero-order chi connectivity index (χ0) is 15.3. The van der Waals surface area contributed by atoms with Crippen LogP contribution in [0.2, 0.25) is 0 Å². The van der Waals surface area contributed by atoms with Gasteiger partial charge in [-0.25, -0.2) is 4.98 Å². The number of pyridine rings is 1. The summed E-state index contributed by atoms with van der Waals surface area (Å²) in [6.45, 7) is 3.24. The molecule has 0 fully saturated rings. The van der Waals surface area contributed by atoms with E-state index in [1.54, 1.807) is 13.8 Å². The molecule has 1 aromatic rings. The summed E-state index contributed by atoms with van der Waals surface area (Å²) < 4.78 is 45.5. The summed E-state index contributed by atoms with van der Waals surface area (Å²) in [7, 11) is 0. The molecule has 0 bridgehead atoms. The molecular formula is C12H15F3N2O3. The van der Waals surface area contributed by atoms with Gasteiger partial charge in [0.15, 0.2) is 0 Å². The molecule has 1 aromatic heterocycles. The molecule has 0 spiro atoms. The molecule has 0 unspecified atom stereocenters. The van der Waals surface area contributed by atoms with E-state index in [4.69, 9.17) is 10.5 Å². The highest BCUT2D eigenvalue weighted by Crippen LogP contribution is 2.27.